The van der Waals surface area contributed by atoms with Crippen molar-refractivity contribution in [2.24, 2.45) is 0 Å². The largest absolute Gasteiger partial charge is 0.399 e. The van der Waals surface area contributed by atoms with Gasteiger partial charge in [0.15, 0.2) is 0 Å². The third-order valence-electron chi connectivity index (χ3n) is 2.67. The van der Waals surface area contributed by atoms with E-state index in [9.17, 15) is 4.79 Å². The van der Waals surface area contributed by atoms with E-state index >= 15 is 0 Å². The summed E-state index contributed by atoms with van der Waals surface area (Å²) < 4.78 is 0. The van der Waals surface area contributed by atoms with Crippen LogP contribution in [0.2, 0.25) is 0 Å². The van der Waals surface area contributed by atoms with Crippen LogP contribution < -0.4 is 11.1 Å². The van der Waals surface area contributed by atoms with Gasteiger partial charge in [-0.1, -0.05) is 26.0 Å². The third-order valence-corrected chi connectivity index (χ3v) is 2.67. The lowest BCUT2D eigenvalue weighted by atomic mass is 10.1. The predicted octanol–water partition coefficient (Wildman–Crippen LogP) is 2.59. The Kier molecular flexibility index (Phi) is 5.27. The van der Waals surface area contributed by atoms with E-state index in [1.54, 1.807) is 12.2 Å². The van der Waals surface area contributed by atoms with Crippen LogP contribution in [0.25, 0.3) is 6.08 Å². The van der Waals surface area contributed by atoms with Crippen LogP contribution in [0.3, 0.4) is 0 Å². The fourth-order valence-corrected chi connectivity index (χ4v) is 1.58. The molecular formula is C14H20N2O. The fourth-order valence-electron chi connectivity index (χ4n) is 1.58. The molecule has 0 atom stereocenters. The molecule has 1 amide bonds. The first-order valence-corrected chi connectivity index (χ1v) is 5.99. The highest BCUT2D eigenvalue weighted by Crippen LogP contribution is 2.08. The molecule has 0 aromatic heterocycles. The van der Waals surface area contributed by atoms with Gasteiger partial charge in [0.1, 0.15) is 0 Å². The summed E-state index contributed by atoms with van der Waals surface area (Å²) in [4.78, 5) is 11.6. The van der Waals surface area contributed by atoms with Crippen LogP contribution in [0.5, 0.6) is 0 Å². The van der Waals surface area contributed by atoms with Crippen molar-refractivity contribution in [2.45, 2.75) is 32.7 Å². The van der Waals surface area contributed by atoms with Gasteiger partial charge in [-0.15, -0.1) is 0 Å². The van der Waals surface area contributed by atoms with Crippen molar-refractivity contribution in [1.82, 2.24) is 5.32 Å². The van der Waals surface area contributed by atoms with Crippen LogP contribution in [0.15, 0.2) is 30.3 Å². The van der Waals surface area contributed by atoms with Gasteiger partial charge in [0.2, 0.25) is 5.91 Å². The second kappa shape index (κ2) is 6.74. The Morgan fingerprint density at radius 1 is 1.41 bits per heavy atom. The molecule has 0 aliphatic heterocycles. The van der Waals surface area contributed by atoms with Crippen LogP contribution in [0.4, 0.5) is 5.69 Å². The first-order chi connectivity index (χ1) is 8.15. The monoisotopic (exact) mass is 232 g/mol. The van der Waals surface area contributed by atoms with Crippen LogP contribution in [0, 0.1) is 0 Å². The Labute approximate surface area is 103 Å². The molecule has 3 nitrogen and oxygen atoms in total. The molecule has 0 aliphatic carbocycles. The fraction of sp³-hybridized carbons (Fsp3) is 0.357. The average molecular weight is 232 g/mol. The zero-order valence-corrected chi connectivity index (χ0v) is 10.4. The Balaban J connectivity index is 2.56. The van der Waals surface area contributed by atoms with Gasteiger partial charge in [0.05, 0.1) is 0 Å². The minimum atomic E-state index is -0.0545. The minimum Gasteiger partial charge on any atom is -0.399 e. The van der Waals surface area contributed by atoms with E-state index < -0.39 is 0 Å². The number of carbonyl (C=O) groups excluding carboxylic acids is 1. The van der Waals surface area contributed by atoms with Gasteiger partial charge in [-0.05, 0) is 36.6 Å². The molecule has 0 spiro atoms. The molecule has 0 saturated carbocycles. The number of nitrogen functional groups attached to an aromatic ring is 1. The van der Waals surface area contributed by atoms with E-state index in [0.717, 1.165) is 18.4 Å². The molecule has 1 rings (SSSR count). The van der Waals surface area contributed by atoms with E-state index in [0.29, 0.717) is 5.69 Å². The summed E-state index contributed by atoms with van der Waals surface area (Å²) >= 11 is 0. The first kappa shape index (κ1) is 13.3. The molecule has 0 radical (unpaired) electrons. The molecular weight excluding hydrogens is 212 g/mol. The van der Waals surface area contributed by atoms with Gasteiger partial charge in [-0.3, -0.25) is 4.79 Å². The molecule has 3 heteroatoms. The summed E-state index contributed by atoms with van der Waals surface area (Å²) in [6, 6.07) is 7.70. The van der Waals surface area contributed by atoms with Crippen LogP contribution >= 0.6 is 0 Å². The lowest BCUT2D eigenvalue weighted by molar-refractivity contribution is -0.117. The Bertz CT molecular complexity index is 395. The van der Waals surface area contributed by atoms with Gasteiger partial charge in [-0.25, -0.2) is 0 Å². The summed E-state index contributed by atoms with van der Waals surface area (Å²) in [5, 5.41) is 2.94. The number of hydrogen-bond donors (Lipinski definition) is 2. The summed E-state index contributed by atoms with van der Waals surface area (Å²) in [7, 11) is 0. The van der Waals surface area contributed by atoms with Gasteiger partial charge in [0.25, 0.3) is 0 Å². The number of amides is 1. The molecule has 17 heavy (non-hydrogen) atoms. The van der Waals surface area contributed by atoms with Gasteiger partial charge < -0.3 is 11.1 Å². The number of nitrogens with one attached hydrogen (secondary N) is 1. The second-order valence-corrected chi connectivity index (χ2v) is 4.03. The molecule has 92 valence electrons. The maximum absolute atomic E-state index is 11.6. The smallest absolute Gasteiger partial charge is 0.244 e. The summed E-state index contributed by atoms with van der Waals surface area (Å²) in [5.41, 5.74) is 7.29. The quantitative estimate of drug-likeness (QED) is 0.605. The highest BCUT2D eigenvalue weighted by molar-refractivity contribution is 5.92. The van der Waals surface area contributed by atoms with E-state index in [4.69, 9.17) is 5.73 Å². The number of carbonyl (C=O) groups is 1. The van der Waals surface area contributed by atoms with Crippen molar-refractivity contribution in [3.63, 3.8) is 0 Å². The summed E-state index contributed by atoms with van der Waals surface area (Å²) in [6.07, 6.45) is 5.23. The molecule has 3 N–H and O–H groups in total. The topological polar surface area (TPSA) is 55.1 Å². The third kappa shape index (κ3) is 4.72. The van der Waals surface area contributed by atoms with Crippen molar-refractivity contribution in [3.8, 4) is 0 Å². The van der Waals surface area contributed by atoms with Gasteiger partial charge in [-0.2, -0.15) is 0 Å². The van der Waals surface area contributed by atoms with Gasteiger partial charge >= 0.3 is 0 Å². The first-order valence-electron chi connectivity index (χ1n) is 5.99. The lowest BCUT2D eigenvalue weighted by Gasteiger charge is -2.12. The van der Waals surface area contributed by atoms with Crippen LogP contribution in [-0.2, 0) is 4.79 Å². The lowest BCUT2D eigenvalue weighted by Crippen LogP contribution is -2.32. The van der Waals surface area contributed by atoms with E-state index in [-0.39, 0.29) is 11.9 Å². The highest BCUT2D eigenvalue weighted by atomic mass is 16.1. The standard InChI is InChI=1S/C14H20N2O/c1-3-13(4-2)16-14(17)9-8-11-6-5-7-12(15)10-11/h5-10,13H,3-4,15H2,1-2H3,(H,16,17)/b9-8+. The Hall–Kier alpha value is -1.77. The highest BCUT2D eigenvalue weighted by Gasteiger charge is 2.04. The average Bonchev–Trinajstić information content (AvgIpc) is 2.33. The zero-order chi connectivity index (χ0) is 12.7. The number of hydrogen-bond acceptors (Lipinski definition) is 2. The van der Waals surface area contributed by atoms with Crippen LogP contribution in [-0.4, -0.2) is 11.9 Å². The van der Waals surface area contributed by atoms with Crippen molar-refractivity contribution < 1.29 is 4.79 Å². The Morgan fingerprint density at radius 3 is 2.71 bits per heavy atom. The second-order valence-electron chi connectivity index (χ2n) is 4.03. The molecule has 0 fully saturated rings. The number of benzene rings is 1. The Morgan fingerprint density at radius 2 is 2.12 bits per heavy atom. The molecule has 0 heterocycles. The number of anilines is 1. The molecule has 0 aliphatic rings. The van der Waals surface area contributed by atoms with Crippen LogP contribution in [0.1, 0.15) is 32.3 Å². The van der Waals surface area contributed by atoms with Crippen molar-refractivity contribution in [3.05, 3.63) is 35.9 Å². The molecule has 0 unspecified atom stereocenters. The van der Waals surface area contributed by atoms with E-state index in [1.807, 2.05) is 24.3 Å². The predicted molar refractivity (Wildman–Crippen MR) is 72.4 cm³/mol. The maximum atomic E-state index is 11.6. The van der Waals surface area contributed by atoms with Crippen molar-refractivity contribution >= 4 is 17.7 Å². The van der Waals surface area contributed by atoms with Crippen molar-refractivity contribution in [1.29, 1.82) is 0 Å². The zero-order valence-electron chi connectivity index (χ0n) is 10.4. The molecule has 1 aromatic carbocycles. The number of rotatable bonds is 5. The molecule has 1 aromatic rings. The van der Waals surface area contributed by atoms with Gasteiger partial charge in [0, 0.05) is 17.8 Å². The normalized spacial score (nSPS) is 11.0. The SMILES string of the molecule is CCC(CC)NC(=O)/C=C/c1cccc(N)c1. The van der Waals surface area contributed by atoms with E-state index in [1.165, 1.54) is 0 Å². The maximum Gasteiger partial charge on any atom is 0.244 e. The number of nitrogens with two attached hydrogens (primary N) is 1. The minimum absolute atomic E-state index is 0.0545. The summed E-state index contributed by atoms with van der Waals surface area (Å²) in [5.74, 6) is -0.0545. The van der Waals surface area contributed by atoms with Crippen molar-refractivity contribution in [2.75, 3.05) is 5.73 Å². The van der Waals surface area contributed by atoms with E-state index in [2.05, 4.69) is 19.2 Å². The molecule has 0 bridgehead atoms. The molecule has 0 saturated heterocycles. The summed E-state index contributed by atoms with van der Waals surface area (Å²) in [6.45, 7) is 4.13.